The van der Waals surface area contributed by atoms with E-state index in [1.54, 1.807) is 0 Å². The normalized spacial score (nSPS) is 15.4. The van der Waals surface area contributed by atoms with Crippen LogP contribution in [0.4, 0.5) is 16.2 Å². The summed E-state index contributed by atoms with van der Waals surface area (Å²) in [5.41, 5.74) is 9.92. The van der Waals surface area contributed by atoms with Gasteiger partial charge < -0.3 is 5.32 Å². The third-order valence-corrected chi connectivity index (χ3v) is 8.78. The van der Waals surface area contributed by atoms with Crippen LogP contribution in [-0.2, 0) is 6.54 Å². The predicted molar refractivity (Wildman–Crippen MR) is 172 cm³/mol. The van der Waals surface area contributed by atoms with Crippen molar-refractivity contribution in [3.05, 3.63) is 120 Å². The van der Waals surface area contributed by atoms with Crippen molar-refractivity contribution in [1.82, 2.24) is 20.2 Å². The van der Waals surface area contributed by atoms with Crippen LogP contribution in [0.25, 0.3) is 44.3 Å². The molecule has 6 nitrogen and oxygen atoms in total. The molecular formula is C37H30N5O. The minimum Gasteiger partial charge on any atom is -0.304 e. The molecule has 6 aromatic rings. The lowest BCUT2D eigenvalue weighted by Crippen LogP contribution is -2.32. The standard InChI is InChI=1S/C37H30N5O/c43-37-39-31-16-15-29(22-33(31)40-37)25-18-20-42(21-19-25)23-24-10-12-28(13-11-24)34-35(27-7-2-1-3-8-27)41-36-30-9-5-4-6-26(30)14-17-32(36)38-34/h1-17,22,25H,18-21,23H2,(H,39,43). The Labute approximate surface area is 250 Å². The van der Waals surface area contributed by atoms with Gasteiger partial charge in [0.1, 0.15) is 0 Å². The number of urea groups is 1. The lowest BCUT2D eigenvalue weighted by atomic mass is 9.89. The van der Waals surface area contributed by atoms with Crippen molar-refractivity contribution >= 4 is 39.2 Å². The van der Waals surface area contributed by atoms with Crippen molar-refractivity contribution in [2.45, 2.75) is 25.3 Å². The van der Waals surface area contributed by atoms with Crippen molar-refractivity contribution < 1.29 is 4.79 Å². The van der Waals surface area contributed by atoms with Gasteiger partial charge in [0.05, 0.1) is 33.8 Å². The minimum atomic E-state index is -0.273. The van der Waals surface area contributed by atoms with Gasteiger partial charge in [0.25, 0.3) is 0 Å². The Morgan fingerprint density at radius 3 is 2.33 bits per heavy atom. The fourth-order valence-corrected chi connectivity index (χ4v) is 6.49. The maximum Gasteiger partial charge on any atom is 0.346 e. The van der Waals surface area contributed by atoms with Gasteiger partial charge in [-0.3, -0.25) is 4.90 Å². The molecule has 3 heterocycles. The summed E-state index contributed by atoms with van der Waals surface area (Å²) in [5, 5.41) is 9.15. The van der Waals surface area contributed by atoms with Gasteiger partial charge in [-0.15, -0.1) is 0 Å². The summed E-state index contributed by atoms with van der Waals surface area (Å²) in [6.07, 6.45) is 2.19. The molecule has 1 fully saturated rings. The number of hydrogen-bond donors (Lipinski definition) is 1. The van der Waals surface area contributed by atoms with Crippen LogP contribution in [0, 0.1) is 0 Å². The van der Waals surface area contributed by atoms with E-state index in [1.165, 1.54) is 16.5 Å². The zero-order valence-corrected chi connectivity index (χ0v) is 23.7. The zero-order chi connectivity index (χ0) is 28.8. The maximum atomic E-state index is 11.6. The number of nitrogens with one attached hydrogen (secondary N) is 1. The van der Waals surface area contributed by atoms with E-state index >= 15 is 0 Å². The second kappa shape index (κ2) is 10.6. The van der Waals surface area contributed by atoms with Gasteiger partial charge in [-0.25, -0.2) is 14.8 Å². The van der Waals surface area contributed by atoms with E-state index < -0.39 is 0 Å². The molecule has 0 unspecified atom stereocenters. The molecular weight excluding hydrogens is 530 g/mol. The summed E-state index contributed by atoms with van der Waals surface area (Å²) < 4.78 is 0. The first-order chi connectivity index (χ1) is 21.2. The molecule has 1 N–H and O–H groups in total. The molecule has 209 valence electrons. The molecule has 0 aliphatic carbocycles. The number of hydrogen-bond acceptors (Lipinski definition) is 4. The molecule has 43 heavy (non-hydrogen) atoms. The van der Waals surface area contributed by atoms with Gasteiger partial charge in [0.15, 0.2) is 0 Å². The first kappa shape index (κ1) is 25.6. The average molecular weight is 561 g/mol. The van der Waals surface area contributed by atoms with E-state index in [2.05, 4.69) is 113 Å². The summed E-state index contributed by atoms with van der Waals surface area (Å²) >= 11 is 0. The number of nitrogens with zero attached hydrogens (tertiary/aromatic N) is 4. The van der Waals surface area contributed by atoms with E-state index in [-0.39, 0.29) is 6.03 Å². The Morgan fingerprint density at radius 2 is 1.49 bits per heavy atom. The molecule has 2 aliphatic heterocycles. The van der Waals surface area contributed by atoms with E-state index in [0.717, 1.165) is 82.8 Å². The number of carbonyl (C=O) groups excluding carboxylic acids is 1. The van der Waals surface area contributed by atoms with E-state index in [0.29, 0.717) is 5.92 Å². The number of fused-ring (bicyclic) bond motifs is 4. The highest BCUT2D eigenvalue weighted by molar-refractivity contribution is 6.05. The van der Waals surface area contributed by atoms with Crippen LogP contribution in [0.1, 0.15) is 29.9 Å². The minimum absolute atomic E-state index is 0.273. The summed E-state index contributed by atoms with van der Waals surface area (Å²) in [4.78, 5) is 24.5. The number of amides is 2. The zero-order valence-electron chi connectivity index (χ0n) is 23.7. The smallest absolute Gasteiger partial charge is 0.304 e. The number of aromatic nitrogens is 2. The molecule has 1 saturated heterocycles. The third-order valence-electron chi connectivity index (χ3n) is 8.78. The molecule has 1 radical (unpaired) electrons. The molecule has 6 heteroatoms. The van der Waals surface area contributed by atoms with Crippen LogP contribution in [0.3, 0.4) is 0 Å². The van der Waals surface area contributed by atoms with Crippen LogP contribution in [0.5, 0.6) is 0 Å². The fourth-order valence-electron chi connectivity index (χ4n) is 6.49. The maximum absolute atomic E-state index is 11.6. The monoisotopic (exact) mass is 560 g/mol. The molecule has 5 aromatic carbocycles. The summed E-state index contributed by atoms with van der Waals surface area (Å²) in [6.45, 7) is 3.01. The van der Waals surface area contributed by atoms with Gasteiger partial charge >= 0.3 is 6.03 Å². The topological polar surface area (TPSA) is 72.2 Å². The molecule has 2 amide bonds. The highest BCUT2D eigenvalue weighted by Crippen LogP contribution is 2.36. The van der Waals surface area contributed by atoms with Crippen LogP contribution in [0.15, 0.2) is 109 Å². The molecule has 0 spiro atoms. The van der Waals surface area contributed by atoms with Crippen LogP contribution < -0.4 is 10.6 Å². The number of anilines is 1. The lowest BCUT2D eigenvalue weighted by molar-refractivity contribution is 0.204. The van der Waals surface area contributed by atoms with Crippen molar-refractivity contribution in [3.8, 4) is 22.5 Å². The predicted octanol–water partition coefficient (Wildman–Crippen LogP) is 8.28. The molecule has 8 rings (SSSR count). The van der Waals surface area contributed by atoms with Crippen LogP contribution in [-0.4, -0.2) is 34.0 Å². The fraction of sp³-hybridized carbons (Fsp3) is 0.162. The molecule has 0 bridgehead atoms. The molecule has 1 aromatic heterocycles. The van der Waals surface area contributed by atoms with E-state index in [1.807, 2.05) is 12.1 Å². The van der Waals surface area contributed by atoms with Crippen molar-refractivity contribution in [3.63, 3.8) is 0 Å². The Bertz CT molecular complexity index is 1980. The van der Waals surface area contributed by atoms with Gasteiger partial charge in [-0.1, -0.05) is 91.0 Å². The van der Waals surface area contributed by atoms with Gasteiger partial charge in [0, 0.05) is 23.1 Å². The summed E-state index contributed by atoms with van der Waals surface area (Å²) in [6, 6.07) is 37.7. The second-order valence-electron chi connectivity index (χ2n) is 11.5. The molecule has 2 aliphatic rings. The third kappa shape index (κ3) is 4.90. The Balaban J connectivity index is 1.03. The lowest BCUT2D eigenvalue weighted by Gasteiger charge is -2.32. The first-order valence-electron chi connectivity index (χ1n) is 14.9. The quantitative estimate of drug-likeness (QED) is 0.215. The Hall–Kier alpha value is -5.07. The molecule has 0 atom stereocenters. The highest BCUT2D eigenvalue weighted by atomic mass is 16.2. The van der Waals surface area contributed by atoms with Crippen LogP contribution >= 0.6 is 0 Å². The second-order valence-corrected chi connectivity index (χ2v) is 11.5. The van der Waals surface area contributed by atoms with E-state index in [9.17, 15) is 4.79 Å². The number of piperidine rings is 1. The SMILES string of the molecule is O=C1[N]c2cc(C3CCN(Cc4ccc(-c5nc6ccc7ccccc7c6nc5-c5ccccc5)cc4)CC3)ccc2N1. The van der Waals surface area contributed by atoms with Gasteiger partial charge in [-0.05, 0) is 66.6 Å². The van der Waals surface area contributed by atoms with Crippen molar-refractivity contribution in [2.24, 2.45) is 0 Å². The van der Waals surface area contributed by atoms with Crippen LogP contribution in [0.2, 0.25) is 0 Å². The molecule has 0 saturated carbocycles. The number of rotatable bonds is 5. The van der Waals surface area contributed by atoms with Gasteiger partial charge in [0.2, 0.25) is 0 Å². The Morgan fingerprint density at radius 1 is 0.744 bits per heavy atom. The van der Waals surface area contributed by atoms with Crippen molar-refractivity contribution in [2.75, 3.05) is 18.4 Å². The highest BCUT2D eigenvalue weighted by Gasteiger charge is 2.24. The summed E-state index contributed by atoms with van der Waals surface area (Å²) in [5.74, 6) is 0.495. The number of likely N-dealkylation sites (tertiary alicyclic amines) is 1. The first-order valence-corrected chi connectivity index (χ1v) is 14.9. The van der Waals surface area contributed by atoms with E-state index in [4.69, 9.17) is 9.97 Å². The van der Waals surface area contributed by atoms with Gasteiger partial charge in [-0.2, -0.15) is 5.32 Å². The average Bonchev–Trinajstić information content (AvgIpc) is 3.44. The largest absolute Gasteiger partial charge is 0.346 e. The Kier molecular flexibility index (Phi) is 6.34. The number of benzene rings is 5. The number of carbonyl (C=O) groups is 1. The van der Waals surface area contributed by atoms with Crippen molar-refractivity contribution in [1.29, 1.82) is 0 Å². The summed E-state index contributed by atoms with van der Waals surface area (Å²) in [7, 11) is 0.